The van der Waals surface area contributed by atoms with Gasteiger partial charge in [0.2, 0.25) is 0 Å². The summed E-state index contributed by atoms with van der Waals surface area (Å²) in [7, 11) is 3.84. The summed E-state index contributed by atoms with van der Waals surface area (Å²) in [4.78, 5) is 30.3. The highest BCUT2D eigenvalue weighted by Gasteiger charge is 2.12. The number of hydrogen-bond donors (Lipinski definition) is 2. The predicted octanol–water partition coefficient (Wildman–Crippen LogP) is 1.50. The number of nitrogens with zero attached hydrogens (tertiary/aromatic N) is 3. The van der Waals surface area contributed by atoms with Crippen LogP contribution >= 0.6 is 0 Å². The quantitative estimate of drug-likeness (QED) is 0.832. The van der Waals surface area contributed by atoms with Crippen LogP contribution in [0.2, 0.25) is 0 Å². The highest BCUT2D eigenvalue weighted by atomic mass is 16.2. The van der Waals surface area contributed by atoms with Gasteiger partial charge in [0.15, 0.2) is 0 Å². The maximum absolute atomic E-state index is 12.3. The second kappa shape index (κ2) is 8.57. The van der Waals surface area contributed by atoms with Gasteiger partial charge < -0.3 is 15.5 Å². The lowest BCUT2D eigenvalue weighted by Crippen LogP contribution is -2.31. The minimum absolute atomic E-state index is 0.143. The largest absolute Gasteiger partial charge is 0.351 e. The van der Waals surface area contributed by atoms with E-state index in [0.717, 1.165) is 6.54 Å². The van der Waals surface area contributed by atoms with Crippen LogP contribution in [-0.4, -0.2) is 48.9 Å². The van der Waals surface area contributed by atoms with Crippen LogP contribution in [0.1, 0.15) is 26.4 Å². The van der Waals surface area contributed by atoms with Crippen molar-refractivity contribution >= 4 is 17.5 Å². The molecule has 0 unspecified atom stereocenters. The Morgan fingerprint density at radius 3 is 2.52 bits per heavy atom. The Morgan fingerprint density at radius 1 is 1.16 bits per heavy atom. The van der Waals surface area contributed by atoms with Crippen molar-refractivity contribution in [1.29, 1.82) is 5.26 Å². The van der Waals surface area contributed by atoms with Gasteiger partial charge in [0, 0.05) is 30.5 Å². The third-order valence-electron chi connectivity index (χ3n) is 3.37. The summed E-state index contributed by atoms with van der Waals surface area (Å²) in [5.41, 5.74) is 1.57. The topological polar surface area (TPSA) is 98.1 Å². The summed E-state index contributed by atoms with van der Waals surface area (Å²) in [6, 6.07) is 11.5. The maximum atomic E-state index is 12.3. The van der Waals surface area contributed by atoms with Gasteiger partial charge in [-0.1, -0.05) is 0 Å². The number of hydrogen-bond acceptors (Lipinski definition) is 5. The zero-order valence-electron chi connectivity index (χ0n) is 14.1. The van der Waals surface area contributed by atoms with E-state index in [1.807, 2.05) is 25.1 Å². The van der Waals surface area contributed by atoms with Crippen molar-refractivity contribution in [3.8, 4) is 6.07 Å². The van der Waals surface area contributed by atoms with Gasteiger partial charge in [-0.15, -0.1) is 0 Å². The van der Waals surface area contributed by atoms with Crippen molar-refractivity contribution in [2.45, 2.75) is 0 Å². The fourth-order valence-electron chi connectivity index (χ4n) is 2.01. The van der Waals surface area contributed by atoms with E-state index < -0.39 is 5.91 Å². The van der Waals surface area contributed by atoms with Gasteiger partial charge in [-0.05, 0) is 50.5 Å². The Hall–Kier alpha value is -3.24. The first-order valence-corrected chi connectivity index (χ1v) is 7.70. The Balaban J connectivity index is 2.02. The molecule has 2 N–H and O–H groups in total. The van der Waals surface area contributed by atoms with Gasteiger partial charge in [0.25, 0.3) is 11.8 Å². The van der Waals surface area contributed by atoms with Gasteiger partial charge >= 0.3 is 0 Å². The molecule has 7 heteroatoms. The van der Waals surface area contributed by atoms with Gasteiger partial charge in [-0.2, -0.15) is 5.26 Å². The van der Waals surface area contributed by atoms with Gasteiger partial charge in [-0.3, -0.25) is 14.6 Å². The van der Waals surface area contributed by atoms with Crippen LogP contribution in [0.3, 0.4) is 0 Å². The fraction of sp³-hybridized carbons (Fsp3) is 0.222. The van der Waals surface area contributed by atoms with Crippen molar-refractivity contribution < 1.29 is 9.59 Å². The standard InChI is InChI=1S/C18H19N5O2/c1-23(2)10-9-21-17(24)14-7-8-20-16(11-14)18(25)22-15-5-3-13(12-19)4-6-15/h3-8,11H,9-10H2,1-2H3,(H,21,24)(H,22,25). The summed E-state index contributed by atoms with van der Waals surface area (Å²) in [5.74, 6) is -0.677. The Kier molecular flexibility index (Phi) is 6.20. The van der Waals surface area contributed by atoms with Crippen molar-refractivity contribution in [3.63, 3.8) is 0 Å². The van der Waals surface area contributed by atoms with E-state index in [2.05, 4.69) is 15.6 Å². The number of aromatic nitrogens is 1. The normalized spacial score (nSPS) is 10.2. The molecule has 0 fully saturated rings. The van der Waals surface area contributed by atoms with Crippen LogP contribution in [0.15, 0.2) is 42.6 Å². The molecule has 0 bridgehead atoms. The van der Waals surface area contributed by atoms with E-state index in [4.69, 9.17) is 5.26 Å². The lowest BCUT2D eigenvalue weighted by molar-refractivity contribution is 0.0951. The molecule has 2 amide bonds. The van der Waals surface area contributed by atoms with E-state index in [1.54, 1.807) is 30.3 Å². The van der Waals surface area contributed by atoms with E-state index in [1.165, 1.54) is 12.3 Å². The molecule has 0 aliphatic rings. The summed E-state index contributed by atoms with van der Waals surface area (Å²) in [6.45, 7) is 1.24. The summed E-state index contributed by atoms with van der Waals surface area (Å²) in [5, 5.41) is 14.2. The highest BCUT2D eigenvalue weighted by molar-refractivity contribution is 6.04. The lowest BCUT2D eigenvalue weighted by Gasteiger charge is -2.11. The second-order valence-electron chi connectivity index (χ2n) is 5.63. The van der Waals surface area contributed by atoms with Crippen LogP contribution in [-0.2, 0) is 0 Å². The number of rotatable bonds is 6. The first kappa shape index (κ1) is 18.1. The minimum atomic E-state index is -0.423. The Bertz CT molecular complexity index is 794. The molecule has 0 saturated heterocycles. The van der Waals surface area contributed by atoms with Crippen molar-refractivity contribution in [1.82, 2.24) is 15.2 Å². The number of pyridine rings is 1. The molecule has 2 rings (SSSR count). The van der Waals surface area contributed by atoms with Crippen LogP contribution in [0, 0.1) is 11.3 Å². The minimum Gasteiger partial charge on any atom is -0.351 e. The van der Waals surface area contributed by atoms with E-state index in [9.17, 15) is 9.59 Å². The third-order valence-corrected chi connectivity index (χ3v) is 3.37. The number of benzene rings is 1. The van der Waals surface area contributed by atoms with E-state index in [0.29, 0.717) is 23.4 Å². The first-order valence-electron chi connectivity index (χ1n) is 7.70. The fourth-order valence-corrected chi connectivity index (χ4v) is 2.01. The average molecular weight is 337 g/mol. The number of amides is 2. The SMILES string of the molecule is CN(C)CCNC(=O)c1ccnc(C(=O)Nc2ccc(C#N)cc2)c1. The van der Waals surface area contributed by atoms with Crippen molar-refractivity contribution in [2.75, 3.05) is 32.5 Å². The number of likely N-dealkylation sites (N-methyl/N-ethyl adjacent to an activating group) is 1. The molecule has 1 aromatic heterocycles. The zero-order valence-corrected chi connectivity index (χ0v) is 14.1. The first-order chi connectivity index (χ1) is 12.0. The smallest absolute Gasteiger partial charge is 0.274 e. The molecule has 25 heavy (non-hydrogen) atoms. The summed E-state index contributed by atoms with van der Waals surface area (Å²) < 4.78 is 0. The third kappa shape index (κ3) is 5.41. The molecule has 128 valence electrons. The molecule has 0 saturated carbocycles. The Morgan fingerprint density at radius 2 is 1.88 bits per heavy atom. The molecule has 1 aromatic carbocycles. The number of carbonyl (C=O) groups excluding carboxylic acids is 2. The van der Waals surface area contributed by atoms with Crippen LogP contribution < -0.4 is 10.6 Å². The molecule has 0 aliphatic heterocycles. The number of carbonyl (C=O) groups is 2. The van der Waals surface area contributed by atoms with E-state index >= 15 is 0 Å². The number of anilines is 1. The molecule has 0 atom stereocenters. The van der Waals surface area contributed by atoms with Crippen LogP contribution in [0.25, 0.3) is 0 Å². The van der Waals surface area contributed by atoms with Crippen LogP contribution in [0.4, 0.5) is 5.69 Å². The molecule has 0 radical (unpaired) electrons. The average Bonchev–Trinajstić information content (AvgIpc) is 2.62. The predicted molar refractivity (Wildman–Crippen MR) is 94.2 cm³/mol. The molecule has 0 spiro atoms. The molecular weight excluding hydrogens is 318 g/mol. The zero-order chi connectivity index (χ0) is 18.2. The van der Waals surface area contributed by atoms with Crippen molar-refractivity contribution in [3.05, 3.63) is 59.4 Å². The lowest BCUT2D eigenvalue weighted by atomic mass is 10.2. The summed E-state index contributed by atoms with van der Waals surface area (Å²) >= 11 is 0. The summed E-state index contributed by atoms with van der Waals surface area (Å²) in [6.07, 6.45) is 1.43. The van der Waals surface area contributed by atoms with Gasteiger partial charge in [-0.25, -0.2) is 0 Å². The van der Waals surface area contributed by atoms with Crippen molar-refractivity contribution in [2.24, 2.45) is 0 Å². The Labute approximate surface area is 146 Å². The monoisotopic (exact) mass is 337 g/mol. The van der Waals surface area contributed by atoms with Gasteiger partial charge in [0.1, 0.15) is 5.69 Å². The van der Waals surface area contributed by atoms with Gasteiger partial charge in [0.05, 0.1) is 11.6 Å². The van der Waals surface area contributed by atoms with Crippen LogP contribution in [0.5, 0.6) is 0 Å². The molecule has 7 nitrogen and oxygen atoms in total. The van der Waals surface area contributed by atoms with E-state index in [-0.39, 0.29) is 11.6 Å². The highest BCUT2D eigenvalue weighted by Crippen LogP contribution is 2.11. The molecule has 2 aromatic rings. The number of nitrogens with one attached hydrogen (secondary N) is 2. The second-order valence-corrected chi connectivity index (χ2v) is 5.63. The number of nitriles is 1. The maximum Gasteiger partial charge on any atom is 0.274 e. The molecule has 0 aliphatic carbocycles. The molecule has 1 heterocycles. The molecular formula is C18H19N5O2.